The number of hydrogen-bond donors (Lipinski definition) is 2. The normalized spacial score (nSPS) is 18.0. The molecule has 0 saturated heterocycles. The second-order valence-electron chi connectivity index (χ2n) is 8.12. The Morgan fingerprint density at radius 1 is 1.16 bits per heavy atom. The molecule has 1 fully saturated rings. The maximum atomic E-state index is 12.9. The fraction of sp³-hybridized carbons (Fsp3) is 0.391. The first-order valence-electron chi connectivity index (χ1n) is 9.85. The summed E-state index contributed by atoms with van der Waals surface area (Å²) in [5, 5.41) is 12.1. The molecule has 31 heavy (non-hydrogen) atoms. The monoisotopic (exact) mass is 465 g/mol. The number of aromatic hydroxyl groups is 1. The van der Waals surface area contributed by atoms with E-state index in [4.69, 9.17) is 32.7 Å². The van der Waals surface area contributed by atoms with Crippen LogP contribution in [0.5, 0.6) is 11.5 Å². The molecule has 2 aromatic rings. The molecule has 2 atom stereocenters. The quantitative estimate of drug-likeness (QED) is 0.452. The summed E-state index contributed by atoms with van der Waals surface area (Å²) in [5.74, 6) is -0.313. The van der Waals surface area contributed by atoms with Crippen molar-refractivity contribution in [3.05, 3.63) is 59.7 Å². The molecule has 0 spiro atoms. The summed E-state index contributed by atoms with van der Waals surface area (Å²) in [7, 11) is 1.26. The van der Waals surface area contributed by atoms with Crippen molar-refractivity contribution in [3.63, 3.8) is 0 Å². The Kier molecular flexibility index (Phi) is 6.72. The summed E-state index contributed by atoms with van der Waals surface area (Å²) >= 11 is 12.2. The lowest BCUT2D eigenvalue weighted by molar-refractivity contribution is -0.147. The molecular weight excluding hydrogens is 441 g/mol. The Hall–Kier alpha value is -2.44. The highest BCUT2D eigenvalue weighted by molar-refractivity contribution is 6.51. The molecular formula is C23H25Cl2NO5. The number of halogens is 2. The maximum absolute atomic E-state index is 12.9. The number of carbonyl (C=O) groups excluding carboxylic acids is 2. The van der Waals surface area contributed by atoms with E-state index in [1.165, 1.54) is 19.2 Å². The topological polar surface area (TPSA) is 84.9 Å². The lowest BCUT2D eigenvalue weighted by atomic mass is 10.0. The van der Waals surface area contributed by atoms with Crippen molar-refractivity contribution in [2.24, 2.45) is 0 Å². The number of phenolic OH excluding ortho intramolecular Hbond substituents is 1. The van der Waals surface area contributed by atoms with E-state index in [1.54, 1.807) is 38.1 Å². The van der Waals surface area contributed by atoms with Crippen LogP contribution in [0.3, 0.4) is 0 Å². The zero-order chi connectivity index (χ0) is 22.8. The van der Waals surface area contributed by atoms with E-state index in [9.17, 15) is 14.7 Å². The number of hydrogen-bond acceptors (Lipinski definition) is 5. The van der Waals surface area contributed by atoms with Gasteiger partial charge in [-0.15, -0.1) is 23.2 Å². The van der Waals surface area contributed by atoms with Crippen molar-refractivity contribution in [3.8, 4) is 11.5 Å². The Balaban J connectivity index is 1.65. The van der Waals surface area contributed by atoms with E-state index in [2.05, 4.69) is 5.32 Å². The van der Waals surface area contributed by atoms with E-state index in [1.807, 2.05) is 12.1 Å². The van der Waals surface area contributed by atoms with E-state index in [0.717, 1.165) is 11.1 Å². The van der Waals surface area contributed by atoms with Crippen LogP contribution >= 0.6 is 23.2 Å². The Labute approximate surface area is 191 Å². The van der Waals surface area contributed by atoms with Crippen LogP contribution in [0.25, 0.3) is 0 Å². The van der Waals surface area contributed by atoms with Gasteiger partial charge in [-0.05, 0) is 55.7 Å². The molecule has 0 aliphatic heterocycles. The van der Waals surface area contributed by atoms with Gasteiger partial charge in [0.05, 0.1) is 7.11 Å². The standard InChI is InChI=1S/C23H25Cl2NO5/c1-22(2,31-17-10-6-15(7-11-17)18-13-23(18,24)25)21(29)26-19(20(28)30-3)12-14-4-8-16(27)9-5-14/h4-11,18-19,27H,12-13H2,1-3H3,(H,26,29)/t18?,19-/m0/s1. The zero-order valence-electron chi connectivity index (χ0n) is 17.5. The van der Waals surface area contributed by atoms with Gasteiger partial charge in [0, 0.05) is 12.3 Å². The molecule has 6 nitrogen and oxygen atoms in total. The molecule has 1 saturated carbocycles. The van der Waals surface area contributed by atoms with E-state index < -0.39 is 27.9 Å². The summed E-state index contributed by atoms with van der Waals surface area (Å²) in [6.07, 6.45) is 0.920. The molecule has 0 bridgehead atoms. The van der Waals surface area contributed by atoms with Crippen molar-refractivity contribution in [2.75, 3.05) is 7.11 Å². The molecule has 8 heteroatoms. The van der Waals surface area contributed by atoms with E-state index in [-0.39, 0.29) is 18.1 Å². The van der Waals surface area contributed by atoms with Crippen molar-refractivity contribution in [2.45, 2.75) is 48.6 Å². The molecule has 0 aromatic heterocycles. The number of phenols is 1. The third-order valence-electron chi connectivity index (χ3n) is 5.20. The van der Waals surface area contributed by atoms with Crippen LogP contribution in [0.2, 0.25) is 0 Å². The Morgan fingerprint density at radius 2 is 1.74 bits per heavy atom. The van der Waals surface area contributed by atoms with Crippen molar-refractivity contribution in [1.82, 2.24) is 5.32 Å². The minimum atomic E-state index is -1.24. The van der Waals surface area contributed by atoms with Crippen molar-refractivity contribution in [1.29, 1.82) is 0 Å². The van der Waals surface area contributed by atoms with E-state index in [0.29, 0.717) is 12.2 Å². The van der Waals surface area contributed by atoms with Crippen LogP contribution in [0, 0.1) is 0 Å². The zero-order valence-corrected chi connectivity index (χ0v) is 19.0. The largest absolute Gasteiger partial charge is 0.508 e. The van der Waals surface area contributed by atoms with Gasteiger partial charge in [-0.2, -0.15) is 0 Å². The average molecular weight is 466 g/mol. The number of ether oxygens (including phenoxy) is 2. The van der Waals surface area contributed by atoms with Gasteiger partial charge in [0.25, 0.3) is 5.91 Å². The van der Waals surface area contributed by atoms with Crippen LogP contribution in [-0.2, 0) is 20.7 Å². The van der Waals surface area contributed by atoms with Crippen LogP contribution < -0.4 is 10.1 Å². The summed E-state index contributed by atoms with van der Waals surface area (Å²) in [6, 6.07) is 12.8. The molecule has 3 rings (SSSR count). The summed E-state index contributed by atoms with van der Waals surface area (Å²) in [6.45, 7) is 3.24. The molecule has 1 unspecified atom stereocenters. The maximum Gasteiger partial charge on any atom is 0.328 e. The van der Waals surface area contributed by atoms with Gasteiger partial charge in [0.15, 0.2) is 5.60 Å². The summed E-state index contributed by atoms with van der Waals surface area (Å²) in [5.41, 5.74) is 0.530. The fourth-order valence-electron chi connectivity index (χ4n) is 3.22. The lowest BCUT2D eigenvalue weighted by Gasteiger charge is -2.27. The third kappa shape index (κ3) is 5.83. The van der Waals surface area contributed by atoms with Gasteiger partial charge in [0.1, 0.15) is 21.9 Å². The first-order valence-corrected chi connectivity index (χ1v) is 10.6. The van der Waals surface area contributed by atoms with Gasteiger partial charge in [-0.3, -0.25) is 4.79 Å². The number of esters is 1. The second-order valence-corrected chi connectivity index (χ2v) is 9.66. The van der Waals surface area contributed by atoms with Gasteiger partial charge in [0.2, 0.25) is 0 Å². The van der Waals surface area contributed by atoms with Gasteiger partial charge >= 0.3 is 5.97 Å². The molecule has 166 valence electrons. The molecule has 2 N–H and O–H groups in total. The third-order valence-corrected chi connectivity index (χ3v) is 6.03. The van der Waals surface area contributed by atoms with Gasteiger partial charge < -0.3 is 19.9 Å². The Morgan fingerprint density at radius 3 is 2.26 bits per heavy atom. The molecule has 1 aliphatic rings. The number of methoxy groups -OCH3 is 1. The number of alkyl halides is 2. The van der Waals surface area contributed by atoms with Gasteiger partial charge in [-0.25, -0.2) is 4.79 Å². The average Bonchev–Trinajstić information content (AvgIpc) is 3.36. The Bertz CT molecular complexity index is 941. The second kappa shape index (κ2) is 8.97. The van der Waals surface area contributed by atoms with Crippen LogP contribution in [-0.4, -0.2) is 40.1 Å². The van der Waals surface area contributed by atoms with Crippen molar-refractivity contribution < 1.29 is 24.2 Å². The number of rotatable bonds is 8. The van der Waals surface area contributed by atoms with E-state index >= 15 is 0 Å². The number of benzene rings is 2. The van der Waals surface area contributed by atoms with Crippen LogP contribution in [0.15, 0.2) is 48.5 Å². The minimum absolute atomic E-state index is 0.0990. The highest BCUT2D eigenvalue weighted by Gasteiger charge is 2.52. The SMILES string of the molecule is COC(=O)[C@H](Cc1ccc(O)cc1)NC(=O)C(C)(C)Oc1ccc(C2CC2(Cl)Cl)cc1. The molecule has 1 aliphatic carbocycles. The van der Waals surface area contributed by atoms with Crippen molar-refractivity contribution >= 4 is 35.1 Å². The predicted molar refractivity (Wildman–Crippen MR) is 119 cm³/mol. The molecule has 1 amide bonds. The fourth-order valence-corrected chi connectivity index (χ4v) is 3.78. The minimum Gasteiger partial charge on any atom is -0.508 e. The molecule has 0 heterocycles. The number of nitrogens with one attached hydrogen (secondary N) is 1. The highest BCUT2D eigenvalue weighted by atomic mass is 35.5. The number of amides is 1. The van der Waals surface area contributed by atoms with Crippen LogP contribution in [0.1, 0.15) is 37.3 Å². The first-order chi connectivity index (χ1) is 14.5. The summed E-state index contributed by atoms with van der Waals surface area (Å²) in [4.78, 5) is 25.1. The predicted octanol–water partition coefficient (Wildman–Crippen LogP) is 4.11. The molecule has 2 aromatic carbocycles. The van der Waals surface area contributed by atoms with Gasteiger partial charge in [-0.1, -0.05) is 24.3 Å². The lowest BCUT2D eigenvalue weighted by Crippen LogP contribution is -2.53. The smallest absolute Gasteiger partial charge is 0.328 e. The molecule has 0 radical (unpaired) electrons. The first kappa shape index (κ1) is 23.2. The van der Waals surface area contributed by atoms with Crippen LogP contribution in [0.4, 0.5) is 0 Å². The number of carbonyl (C=O) groups is 2. The summed E-state index contributed by atoms with van der Waals surface area (Å²) < 4.78 is 10.0. The highest BCUT2D eigenvalue weighted by Crippen LogP contribution is 2.59.